The molecule has 0 unspecified atom stereocenters. The van der Waals surface area contributed by atoms with Gasteiger partial charge in [0.1, 0.15) is 19.0 Å². The number of hydrogen-bond acceptors (Lipinski definition) is 7. The number of halogens is 1. The summed E-state index contributed by atoms with van der Waals surface area (Å²) in [5.41, 5.74) is 8.03. The van der Waals surface area contributed by atoms with E-state index >= 15 is 0 Å². The predicted octanol–water partition coefficient (Wildman–Crippen LogP) is 2.74. The minimum Gasteiger partial charge on any atom is -0.473 e. The highest BCUT2D eigenvalue weighted by molar-refractivity contribution is 6.00. The van der Waals surface area contributed by atoms with Crippen molar-refractivity contribution in [3.63, 3.8) is 0 Å². The molecule has 2 aromatic heterocycles. The molecule has 0 amide bonds. The number of carbonyl (C=O) groups excluding carboxylic acids is 1. The van der Waals surface area contributed by atoms with Gasteiger partial charge in [0, 0.05) is 36.7 Å². The molecule has 0 aliphatic carbocycles. The molecular formula is C22H22FN5O3. The number of aromatic nitrogens is 4. The van der Waals surface area contributed by atoms with Crippen LogP contribution in [0.15, 0.2) is 48.2 Å². The SMILES string of the molecule is CC(=O)/C(COc1ccc(-c2nnc3n2CCCOC3)cn1)=C(\N)c1ccc(F)cc1. The number of ether oxygens (including phenoxy) is 2. The van der Waals surface area contributed by atoms with Crippen molar-refractivity contribution in [2.45, 2.75) is 26.5 Å². The highest BCUT2D eigenvalue weighted by atomic mass is 19.1. The first-order valence-corrected chi connectivity index (χ1v) is 9.87. The standard InChI is InChI=1S/C22H22FN5O3/c1-14(29)18(21(24)15-3-6-17(23)7-4-15)12-31-20-8-5-16(11-25-20)22-27-26-19-13-30-10-2-9-28(19)22/h3-8,11H,2,9-10,12-13,24H2,1H3/b21-18-. The number of nitrogens with two attached hydrogens (primary N) is 1. The summed E-state index contributed by atoms with van der Waals surface area (Å²) >= 11 is 0. The Labute approximate surface area is 178 Å². The van der Waals surface area contributed by atoms with Gasteiger partial charge in [0.25, 0.3) is 0 Å². The molecule has 3 heterocycles. The first kappa shape index (κ1) is 20.7. The molecule has 1 aromatic carbocycles. The van der Waals surface area contributed by atoms with E-state index in [9.17, 15) is 9.18 Å². The number of ketones is 1. The van der Waals surface area contributed by atoms with Gasteiger partial charge in [-0.2, -0.15) is 0 Å². The van der Waals surface area contributed by atoms with Crippen molar-refractivity contribution in [2.75, 3.05) is 13.2 Å². The van der Waals surface area contributed by atoms with E-state index in [0.29, 0.717) is 30.2 Å². The lowest BCUT2D eigenvalue weighted by atomic mass is 10.0. The molecule has 0 radical (unpaired) electrons. The molecule has 0 saturated carbocycles. The van der Waals surface area contributed by atoms with Gasteiger partial charge in [0.05, 0.1) is 5.57 Å². The number of fused-ring (bicyclic) bond motifs is 1. The van der Waals surface area contributed by atoms with Gasteiger partial charge >= 0.3 is 0 Å². The van der Waals surface area contributed by atoms with E-state index in [2.05, 4.69) is 15.2 Å². The van der Waals surface area contributed by atoms with Crippen molar-refractivity contribution < 1.29 is 18.7 Å². The number of Topliss-reactive ketones (excluding diaryl/α,β-unsaturated/α-hetero) is 1. The van der Waals surface area contributed by atoms with Crippen molar-refractivity contribution in [1.82, 2.24) is 19.7 Å². The normalized spacial score (nSPS) is 14.4. The third-order valence-electron chi connectivity index (χ3n) is 4.99. The van der Waals surface area contributed by atoms with Gasteiger partial charge in [-0.1, -0.05) is 0 Å². The van der Waals surface area contributed by atoms with Crippen LogP contribution in [0.1, 0.15) is 24.7 Å². The van der Waals surface area contributed by atoms with Crippen molar-refractivity contribution in [3.8, 4) is 17.3 Å². The Morgan fingerprint density at radius 3 is 2.74 bits per heavy atom. The van der Waals surface area contributed by atoms with Crippen molar-refractivity contribution in [2.24, 2.45) is 5.73 Å². The lowest BCUT2D eigenvalue weighted by Gasteiger charge is -2.12. The molecule has 0 fully saturated rings. The lowest BCUT2D eigenvalue weighted by Crippen LogP contribution is -2.15. The fraction of sp³-hybridized carbons (Fsp3) is 0.273. The van der Waals surface area contributed by atoms with Crippen LogP contribution in [0.5, 0.6) is 5.88 Å². The molecule has 9 heteroatoms. The number of pyridine rings is 1. The number of carbonyl (C=O) groups is 1. The monoisotopic (exact) mass is 423 g/mol. The average molecular weight is 423 g/mol. The van der Waals surface area contributed by atoms with Crippen LogP contribution >= 0.6 is 0 Å². The number of benzene rings is 1. The Hall–Kier alpha value is -3.59. The van der Waals surface area contributed by atoms with Crippen LogP contribution in [-0.4, -0.2) is 38.7 Å². The lowest BCUT2D eigenvalue weighted by molar-refractivity contribution is -0.113. The summed E-state index contributed by atoms with van der Waals surface area (Å²) < 4.78 is 26.4. The summed E-state index contributed by atoms with van der Waals surface area (Å²) in [6.45, 7) is 3.28. The Kier molecular flexibility index (Phi) is 6.03. The van der Waals surface area contributed by atoms with Gasteiger partial charge in [0.2, 0.25) is 5.88 Å². The number of rotatable bonds is 6. The van der Waals surface area contributed by atoms with E-state index in [-0.39, 0.29) is 23.9 Å². The third-order valence-corrected chi connectivity index (χ3v) is 4.99. The second kappa shape index (κ2) is 9.05. The van der Waals surface area contributed by atoms with Crippen LogP contribution in [0.4, 0.5) is 4.39 Å². The topological polar surface area (TPSA) is 105 Å². The van der Waals surface area contributed by atoms with E-state index in [1.54, 1.807) is 12.3 Å². The molecule has 1 aliphatic rings. The minimum absolute atomic E-state index is 0.0530. The van der Waals surface area contributed by atoms with Crippen molar-refractivity contribution >= 4 is 11.5 Å². The van der Waals surface area contributed by atoms with E-state index in [0.717, 1.165) is 30.2 Å². The van der Waals surface area contributed by atoms with Crippen molar-refractivity contribution in [1.29, 1.82) is 0 Å². The fourth-order valence-electron chi connectivity index (χ4n) is 3.30. The van der Waals surface area contributed by atoms with E-state index in [1.165, 1.54) is 31.2 Å². The summed E-state index contributed by atoms with van der Waals surface area (Å²) in [7, 11) is 0. The Balaban J connectivity index is 1.50. The summed E-state index contributed by atoms with van der Waals surface area (Å²) in [5.74, 6) is 1.25. The molecular weight excluding hydrogens is 401 g/mol. The molecule has 4 rings (SSSR count). The van der Waals surface area contributed by atoms with E-state index < -0.39 is 0 Å². The highest BCUT2D eigenvalue weighted by Gasteiger charge is 2.17. The largest absolute Gasteiger partial charge is 0.473 e. The second-order valence-corrected chi connectivity index (χ2v) is 7.13. The van der Waals surface area contributed by atoms with Gasteiger partial charge in [-0.15, -0.1) is 10.2 Å². The quantitative estimate of drug-likeness (QED) is 0.608. The van der Waals surface area contributed by atoms with Crippen LogP contribution in [0.3, 0.4) is 0 Å². The molecule has 2 N–H and O–H groups in total. The third kappa shape index (κ3) is 4.61. The summed E-state index contributed by atoms with van der Waals surface area (Å²) in [4.78, 5) is 16.4. The molecule has 0 saturated heterocycles. The van der Waals surface area contributed by atoms with E-state index in [4.69, 9.17) is 15.2 Å². The van der Waals surface area contributed by atoms with Crippen molar-refractivity contribution in [3.05, 3.63) is 65.4 Å². The average Bonchev–Trinajstić information content (AvgIpc) is 3.02. The van der Waals surface area contributed by atoms with Gasteiger partial charge in [-0.25, -0.2) is 9.37 Å². The molecule has 8 nitrogen and oxygen atoms in total. The predicted molar refractivity (Wildman–Crippen MR) is 111 cm³/mol. The van der Waals surface area contributed by atoms with E-state index in [1.807, 2.05) is 10.6 Å². The maximum Gasteiger partial charge on any atom is 0.213 e. The summed E-state index contributed by atoms with van der Waals surface area (Å²) in [5, 5.41) is 8.45. The summed E-state index contributed by atoms with van der Waals surface area (Å²) in [6, 6.07) is 9.17. The highest BCUT2D eigenvalue weighted by Crippen LogP contribution is 2.22. The Bertz CT molecular complexity index is 1110. The van der Waals surface area contributed by atoms with Gasteiger partial charge in [-0.3, -0.25) is 4.79 Å². The van der Waals surface area contributed by atoms with Crippen LogP contribution in [0.25, 0.3) is 17.1 Å². The zero-order valence-corrected chi connectivity index (χ0v) is 17.0. The Morgan fingerprint density at radius 1 is 1.23 bits per heavy atom. The maximum absolute atomic E-state index is 13.2. The number of hydrogen-bond donors (Lipinski definition) is 1. The first-order valence-electron chi connectivity index (χ1n) is 9.87. The first-order chi connectivity index (χ1) is 15.0. The van der Waals surface area contributed by atoms with Gasteiger partial charge < -0.3 is 19.8 Å². The summed E-state index contributed by atoms with van der Waals surface area (Å²) in [6.07, 6.45) is 2.54. The zero-order valence-electron chi connectivity index (χ0n) is 17.0. The molecule has 1 aliphatic heterocycles. The molecule has 3 aromatic rings. The van der Waals surface area contributed by atoms with Crippen LogP contribution < -0.4 is 10.5 Å². The molecule has 31 heavy (non-hydrogen) atoms. The number of nitrogens with zero attached hydrogens (tertiary/aromatic N) is 4. The maximum atomic E-state index is 13.2. The molecule has 0 spiro atoms. The second-order valence-electron chi connectivity index (χ2n) is 7.13. The zero-order chi connectivity index (χ0) is 21.8. The molecule has 160 valence electrons. The fourth-order valence-corrected chi connectivity index (χ4v) is 3.30. The molecule has 0 atom stereocenters. The smallest absolute Gasteiger partial charge is 0.213 e. The van der Waals surface area contributed by atoms with Crippen LogP contribution in [-0.2, 0) is 22.7 Å². The minimum atomic E-state index is -0.376. The Morgan fingerprint density at radius 2 is 2.03 bits per heavy atom. The van der Waals surface area contributed by atoms with Crippen LogP contribution in [0.2, 0.25) is 0 Å². The van der Waals surface area contributed by atoms with Crippen LogP contribution in [0, 0.1) is 5.82 Å². The van der Waals surface area contributed by atoms with Gasteiger partial charge in [0.15, 0.2) is 17.4 Å². The molecule has 0 bridgehead atoms. The van der Waals surface area contributed by atoms with Gasteiger partial charge in [-0.05, 0) is 49.2 Å².